The number of likely N-dealkylation sites (tertiary alicyclic amines) is 1. The SMILES string of the molecule is CC(=O)c1c(C)c2cnc(Nc3ccc(N4CCN(CC5CCCCC5)CC4)cn3)nc2n(C2CCCC2)c1=O.CN1CCC(O)(c2ccc3c(c2)CN(C2CCC(=O)NC2=O)C3=O)CC1. The Morgan fingerprint density at radius 2 is 1.61 bits per heavy atom. The number of nitrogens with zero attached hydrogens (tertiary/aromatic N) is 8. The number of aliphatic hydroxyl groups is 1. The minimum absolute atomic E-state index is 0.0528. The predicted octanol–water partition coefficient (Wildman–Crippen LogP) is 5.62. The highest BCUT2D eigenvalue weighted by atomic mass is 16.3. The van der Waals surface area contributed by atoms with E-state index < -0.39 is 17.6 Å². The van der Waals surface area contributed by atoms with Crippen LogP contribution in [0.2, 0.25) is 0 Å². The molecule has 66 heavy (non-hydrogen) atoms. The molecule has 10 rings (SSSR count). The summed E-state index contributed by atoms with van der Waals surface area (Å²) in [7, 11) is 2.04. The Balaban J connectivity index is 0.000000182. The van der Waals surface area contributed by atoms with Gasteiger partial charge in [-0.15, -0.1) is 0 Å². The van der Waals surface area contributed by atoms with E-state index >= 15 is 0 Å². The van der Waals surface area contributed by atoms with Crippen LogP contribution in [-0.2, 0) is 21.7 Å². The first kappa shape index (κ1) is 45.6. The topological polar surface area (TPSA) is 186 Å². The van der Waals surface area contributed by atoms with Gasteiger partial charge in [-0.3, -0.25) is 38.8 Å². The fourth-order valence-corrected chi connectivity index (χ4v) is 11.1. The van der Waals surface area contributed by atoms with Gasteiger partial charge in [0, 0.05) is 82.0 Å². The summed E-state index contributed by atoms with van der Waals surface area (Å²) >= 11 is 0. The van der Waals surface area contributed by atoms with Gasteiger partial charge in [0.05, 0.1) is 23.0 Å². The monoisotopic (exact) mass is 901 g/mol. The van der Waals surface area contributed by atoms with E-state index in [1.165, 1.54) is 50.5 Å². The first-order chi connectivity index (χ1) is 31.8. The second-order valence-corrected chi connectivity index (χ2v) is 19.5. The lowest BCUT2D eigenvalue weighted by Gasteiger charge is -2.38. The third-order valence-electron chi connectivity index (χ3n) is 15.1. The van der Waals surface area contributed by atoms with Gasteiger partial charge in [-0.2, -0.15) is 4.98 Å². The normalized spacial score (nSPS) is 22.0. The third kappa shape index (κ3) is 9.50. The van der Waals surface area contributed by atoms with Gasteiger partial charge in [0.2, 0.25) is 17.8 Å². The number of aromatic nitrogens is 4. The van der Waals surface area contributed by atoms with Crippen molar-refractivity contribution in [2.45, 2.75) is 122 Å². The quantitative estimate of drug-likeness (QED) is 0.139. The number of carbonyl (C=O) groups is 4. The molecule has 4 aromatic rings. The summed E-state index contributed by atoms with van der Waals surface area (Å²) in [6, 6.07) is 9.01. The fraction of sp³-hybridized carbons (Fsp3) is 0.560. The van der Waals surface area contributed by atoms with Crippen LogP contribution in [0.15, 0.2) is 47.5 Å². The number of nitrogens with one attached hydrogen (secondary N) is 2. The first-order valence-corrected chi connectivity index (χ1v) is 24.2. The molecule has 0 spiro atoms. The molecule has 16 nitrogen and oxygen atoms in total. The molecule has 5 fully saturated rings. The molecule has 3 saturated heterocycles. The summed E-state index contributed by atoms with van der Waals surface area (Å²) in [5, 5.41) is 17.3. The number of piperazine rings is 1. The molecule has 3 amide bonds. The average molecular weight is 901 g/mol. The Morgan fingerprint density at radius 1 is 0.879 bits per heavy atom. The lowest BCUT2D eigenvalue weighted by Crippen LogP contribution is -2.52. The van der Waals surface area contributed by atoms with Crippen molar-refractivity contribution in [1.29, 1.82) is 0 Å². The number of hydrogen-bond donors (Lipinski definition) is 3. The summed E-state index contributed by atoms with van der Waals surface area (Å²) in [5.74, 6) is 0.845. The molecule has 3 N–H and O–H groups in total. The molecule has 2 saturated carbocycles. The molecule has 3 aromatic heterocycles. The zero-order valence-corrected chi connectivity index (χ0v) is 38.7. The van der Waals surface area contributed by atoms with Crippen molar-refractivity contribution in [3.05, 3.63) is 80.9 Å². The van der Waals surface area contributed by atoms with Crippen LogP contribution >= 0.6 is 0 Å². The Morgan fingerprint density at radius 3 is 2.29 bits per heavy atom. The number of ketones is 1. The second kappa shape index (κ2) is 19.3. The van der Waals surface area contributed by atoms with Crippen LogP contribution in [0.3, 0.4) is 0 Å². The maximum absolute atomic E-state index is 13.5. The van der Waals surface area contributed by atoms with Crippen molar-refractivity contribution in [2.75, 3.05) is 63.1 Å². The zero-order chi connectivity index (χ0) is 46.1. The minimum atomic E-state index is -0.868. The highest BCUT2D eigenvalue weighted by Gasteiger charge is 2.41. The standard InChI is InChI=1S/C31H41N7O2.C19H23N3O4/c1-21-26-19-33-31(35-29(26)38(24-10-6-7-11-24)30(40)28(21)22(2)39)34-27-13-12-25(18-32-27)37-16-14-36(15-17-37)20-23-8-4-3-5-9-23;1-21-8-6-19(26,7-9-21)13-2-3-14-12(10-13)11-22(18(14)25)15-4-5-16(23)20-17(15)24/h12-13,18-19,23-24H,3-11,14-17,20H2,1-2H3,(H,32,33,34,35);2-3,10,15,26H,4-9,11H2,1H3,(H,20,23,24). The van der Waals surface area contributed by atoms with Crippen molar-refractivity contribution in [1.82, 2.24) is 39.5 Å². The Labute approximate surface area is 386 Å². The summed E-state index contributed by atoms with van der Waals surface area (Å²) in [5.41, 5.74) is 3.75. The van der Waals surface area contributed by atoms with Crippen LogP contribution in [0.5, 0.6) is 0 Å². The number of piperidine rings is 2. The molecule has 0 radical (unpaired) electrons. The predicted molar refractivity (Wildman–Crippen MR) is 252 cm³/mol. The molecule has 4 aliphatic heterocycles. The van der Waals surface area contributed by atoms with Crippen LogP contribution in [0.4, 0.5) is 17.5 Å². The maximum atomic E-state index is 13.5. The summed E-state index contributed by atoms with van der Waals surface area (Å²) in [6.07, 6.45) is 16.6. The van der Waals surface area contributed by atoms with Crippen molar-refractivity contribution in [3.63, 3.8) is 0 Å². The fourth-order valence-electron chi connectivity index (χ4n) is 11.1. The van der Waals surface area contributed by atoms with Gasteiger partial charge in [-0.25, -0.2) is 9.97 Å². The van der Waals surface area contributed by atoms with Crippen molar-refractivity contribution >= 4 is 52.0 Å². The zero-order valence-electron chi connectivity index (χ0n) is 38.7. The highest BCUT2D eigenvalue weighted by molar-refractivity contribution is 6.05. The van der Waals surface area contributed by atoms with Crippen LogP contribution in [0.25, 0.3) is 11.0 Å². The van der Waals surface area contributed by atoms with Crippen LogP contribution in [-0.4, -0.2) is 122 Å². The molecule has 0 bridgehead atoms. The van der Waals surface area contributed by atoms with Crippen molar-refractivity contribution in [3.8, 4) is 0 Å². The lowest BCUT2D eigenvalue weighted by atomic mass is 9.83. The van der Waals surface area contributed by atoms with E-state index in [-0.39, 0.29) is 41.2 Å². The Hall–Kier alpha value is -5.58. The number of rotatable bonds is 9. The van der Waals surface area contributed by atoms with E-state index in [9.17, 15) is 29.1 Å². The van der Waals surface area contributed by atoms with E-state index in [1.807, 2.05) is 38.4 Å². The largest absolute Gasteiger partial charge is 0.385 e. The molecule has 2 aliphatic carbocycles. The summed E-state index contributed by atoms with van der Waals surface area (Å²) < 4.78 is 1.74. The number of amides is 3. The van der Waals surface area contributed by atoms with E-state index in [1.54, 1.807) is 16.8 Å². The smallest absolute Gasteiger partial charge is 0.263 e. The van der Waals surface area contributed by atoms with Crippen LogP contribution in [0.1, 0.15) is 134 Å². The molecule has 6 aliphatic rings. The summed E-state index contributed by atoms with van der Waals surface area (Å²) in [6.45, 7) is 10.8. The average Bonchev–Trinajstić information content (AvgIpc) is 3.96. The van der Waals surface area contributed by atoms with Gasteiger partial charge >= 0.3 is 0 Å². The van der Waals surface area contributed by atoms with Crippen LogP contribution < -0.4 is 21.1 Å². The van der Waals surface area contributed by atoms with Crippen LogP contribution in [0, 0.1) is 12.8 Å². The van der Waals surface area contributed by atoms with Gasteiger partial charge in [0.25, 0.3) is 11.5 Å². The molecular formula is C50H64N10O6. The number of aryl methyl sites for hydroxylation is 1. The number of benzene rings is 1. The van der Waals surface area contributed by atoms with Gasteiger partial charge < -0.3 is 25.1 Å². The van der Waals surface area contributed by atoms with Gasteiger partial charge in [0.1, 0.15) is 17.5 Å². The van der Waals surface area contributed by atoms with E-state index in [4.69, 9.17) is 4.98 Å². The lowest BCUT2D eigenvalue weighted by molar-refractivity contribution is -0.136. The number of carbonyl (C=O) groups excluding carboxylic acids is 4. The number of hydrogen-bond acceptors (Lipinski definition) is 13. The highest BCUT2D eigenvalue weighted by Crippen LogP contribution is 2.37. The van der Waals surface area contributed by atoms with E-state index in [2.05, 4.69) is 41.4 Å². The molecule has 350 valence electrons. The second-order valence-electron chi connectivity index (χ2n) is 19.5. The minimum Gasteiger partial charge on any atom is -0.385 e. The maximum Gasteiger partial charge on any atom is 0.263 e. The molecule has 7 heterocycles. The van der Waals surface area contributed by atoms with Gasteiger partial charge in [-0.1, -0.05) is 44.2 Å². The van der Waals surface area contributed by atoms with Gasteiger partial charge in [-0.05, 0) is 107 Å². The molecule has 1 unspecified atom stereocenters. The number of Topliss-reactive ketones (excluding diaryl/α,β-unsaturated/α-hetero) is 1. The number of imide groups is 1. The van der Waals surface area contributed by atoms with E-state index in [0.29, 0.717) is 54.3 Å². The van der Waals surface area contributed by atoms with Crippen molar-refractivity contribution in [2.24, 2.45) is 5.92 Å². The number of anilines is 3. The Kier molecular flexibility index (Phi) is 13.3. The molecule has 1 atom stereocenters. The van der Waals surface area contributed by atoms with E-state index in [0.717, 1.165) is 93.1 Å². The number of fused-ring (bicyclic) bond motifs is 2. The van der Waals surface area contributed by atoms with Crippen molar-refractivity contribution < 1.29 is 24.3 Å². The number of pyridine rings is 2. The molecule has 16 heteroatoms. The van der Waals surface area contributed by atoms with Gasteiger partial charge in [0.15, 0.2) is 5.78 Å². The molecule has 1 aromatic carbocycles. The Bertz CT molecular complexity index is 2530. The molecular weight excluding hydrogens is 837 g/mol. The summed E-state index contributed by atoms with van der Waals surface area (Å²) in [4.78, 5) is 84.7. The third-order valence-corrected chi connectivity index (χ3v) is 15.1. The first-order valence-electron chi connectivity index (χ1n) is 24.2.